The van der Waals surface area contributed by atoms with Gasteiger partial charge in [0.15, 0.2) is 11.6 Å². The number of Topliss-reactive ketones (excluding diaryl/α,β-unsaturated/α-hetero) is 3. The van der Waals surface area contributed by atoms with E-state index in [0.717, 1.165) is 0 Å². The molecule has 2 aromatic carbocycles. The molecule has 0 aliphatic carbocycles. The zero-order valence-electron chi connectivity index (χ0n) is 14.0. The van der Waals surface area contributed by atoms with E-state index in [0.29, 0.717) is 11.1 Å². The molecule has 27 heavy (non-hydrogen) atoms. The van der Waals surface area contributed by atoms with Gasteiger partial charge in [-0.1, -0.05) is 60.7 Å². The van der Waals surface area contributed by atoms with Crippen LogP contribution in [0.5, 0.6) is 0 Å². The minimum absolute atomic E-state index is 0. The fraction of sp³-hybridized carbons (Fsp3) is 0.118. The van der Waals surface area contributed by atoms with Crippen molar-refractivity contribution in [3.63, 3.8) is 0 Å². The molecule has 0 amide bonds. The third-order valence-corrected chi connectivity index (χ3v) is 3.05. The van der Waals surface area contributed by atoms with Crippen molar-refractivity contribution in [3.05, 3.63) is 71.8 Å². The SMILES string of the molecule is CC(=O)C(C(=O)c1ccccc1)C(=O)c1ccccc1.[O-2].[O-2].[O-2].[O-2].[O-2].[V].[V]. The fourth-order valence-electron chi connectivity index (χ4n) is 2.03. The molecule has 0 atom stereocenters. The Kier molecular flexibility index (Phi) is 28.6. The number of ketones is 3. The Labute approximate surface area is 180 Å². The van der Waals surface area contributed by atoms with Gasteiger partial charge >= 0.3 is 0 Å². The van der Waals surface area contributed by atoms with Crippen molar-refractivity contribution < 1.29 is 78.9 Å². The van der Waals surface area contributed by atoms with Crippen LogP contribution in [-0.4, -0.2) is 17.3 Å². The van der Waals surface area contributed by atoms with E-state index < -0.39 is 23.3 Å². The summed E-state index contributed by atoms with van der Waals surface area (Å²) in [4.78, 5) is 36.5. The molecule has 0 aliphatic heterocycles. The quantitative estimate of drug-likeness (QED) is 0.501. The first-order valence-electron chi connectivity index (χ1n) is 6.30. The van der Waals surface area contributed by atoms with Crippen molar-refractivity contribution in [2.45, 2.75) is 6.92 Å². The van der Waals surface area contributed by atoms with Gasteiger partial charge in [-0.15, -0.1) is 0 Å². The number of carbonyl (C=O) groups is 3. The van der Waals surface area contributed by atoms with Gasteiger partial charge in [0.25, 0.3) is 0 Å². The molecule has 2 rings (SSSR count). The number of rotatable bonds is 5. The Bertz CT molecular complexity index is 599. The van der Waals surface area contributed by atoms with Crippen LogP contribution >= 0.6 is 0 Å². The minimum atomic E-state index is -1.26. The van der Waals surface area contributed by atoms with E-state index in [4.69, 9.17) is 0 Å². The molecule has 0 aromatic heterocycles. The van der Waals surface area contributed by atoms with Crippen molar-refractivity contribution in [3.8, 4) is 0 Å². The normalized spacial score (nSPS) is 7.63. The number of benzene rings is 2. The fourth-order valence-corrected chi connectivity index (χ4v) is 2.03. The topological polar surface area (TPSA) is 194 Å². The zero-order valence-corrected chi connectivity index (χ0v) is 16.8. The molecule has 150 valence electrons. The molecule has 0 aliphatic rings. The average molecular weight is 448 g/mol. The maximum absolute atomic E-state index is 12.4. The minimum Gasteiger partial charge on any atom is -2.00 e. The Morgan fingerprint density at radius 3 is 1.07 bits per heavy atom. The van der Waals surface area contributed by atoms with Crippen molar-refractivity contribution in [1.29, 1.82) is 0 Å². The summed E-state index contributed by atoms with van der Waals surface area (Å²) in [6.45, 7) is 1.27. The molecule has 0 saturated carbocycles. The first-order chi connectivity index (χ1) is 9.61. The Hall–Kier alpha value is -1.58. The van der Waals surface area contributed by atoms with Crippen LogP contribution in [0, 0.1) is 5.92 Å². The molecule has 2 radical (unpaired) electrons. The second kappa shape index (κ2) is 19.2. The monoisotopic (exact) mass is 448 g/mol. The number of hydrogen-bond donors (Lipinski definition) is 0. The molecule has 0 fully saturated rings. The summed E-state index contributed by atoms with van der Waals surface area (Å²) < 4.78 is 0. The largest absolute Gasteiger partial charge is 2.00 e. The first kappa shape index (κ1) is 40.2. The van der Waals surface area contributed by atoms with Crippen LogP contribution in [0.1, 0.15) is 27.6 Å². The summed E-state index contributed by atoms with van der Waals surface area (Å²) >= 11 is 0. The van der Waals surface area contributed by atoms with Gasteiger partial charge in [0.2, 0.25) is 0 Å². The average Bonchev–Trinajstić information content (AvgIpc) is 2.48. The van der Waals surface area contributed by atoms with Crippen LogP contribution in [0.25, 0.3) is 0 Å². The van der Waals surface area contributed by atoms with Gasteiger partial charge in [-0.25, -0.2) is 0 Å². The Morgan fingerprint density at radius 1 is 0.593 bits per heavy atom. The van der Waals surface area contributed by atoms with Crippen molar-refractivity contribution in [2.24, 2.45) is 5.92 Å². The van der Waals surface area contributed by atoms with E-state index in [1.165, 1.54) is 6.92 Å². The summed E-state index contributed by atoms with van der Waals surface area (Å²) in [5.74, 6) is -2.61. The summed E-state index contributed by atoms with van der Waals surface area (Å²) in [7, 11) is 0. The number of hydrogen-bond acceptors (Lipinski definition) is 3. The third kappa shape index (κ3) is 10.4. The predicted octanol–water partition coefficient (Wildman–Crippen LogP) is 2.36. The summed E-state index contributed by atoms with van der Waals surface area (Å²) in [6, 6.07) is 16.8. The van der Waals surface area contributed by atoms with E-state index in [9.17, 15) is 14.4 Å². The van der Waals surface area contributed by atoms with E-state index in [-0.39, 0.29) is 64.5 Å². The summed E-state index contributed by atoms with van der Waals surface area (Å²) in [5.41, 5.74) is 0.744. The third-order valence-electron chi connectivity index (χ3n) is 3.05. The second-order valence-electron chi connectivity index (χ2n) is 4.50. The summed E-state index contributed by atoms with van der Waals surface area (Å²) in [6.07, 6.45) is 0. The van der Waals surface area contributed by atoms with Crippen LogP contribution in [0.3, 0.4) is 0 Å². The van der Waals surface area contributed by atoms with E-state index in [1.54, 1.807) is 60.7 Å². The van der Waals surface area contributed by atoms with Crippen LogP contribution in [0.4, 0.5) is 0 Å². The van der Waals surface area contributed by atoms with Crippen LogP contribution in [0.15, 0.2) is 60.7 Å². The molecule has 0 unspecified atom stereocenters. The summed E-state index contributed by atoms with van der Waals surface area (Å²) in [5, 5.41) is 0. The molecule has 2 aromatic rings. The molecule has 0 bridgehead atoms. The van der Waals surface area contributed by atoms with Gasteiger partial charge in [-0.05, 0) is 6.92 Å². The molecule has 8 nitrogen and oxygen atoms in total. The maximum atomic E-state index is 12.4. The van der Waals surface area contributed by atoms with Gasteiger partial charge < -0.3 is 27.4 Å². The molecule has 0 saturated heterocycles. The molecule has 0 spiro atoms. The second-order valence-corrected chi connectivity index (χ2v) is 4.50. The Morgan fingerprint density at radius 2 is 0.852 bits per heavy atom. The van der Waals surface area contributed by atoms with E-state index in [1.807, 2.05) is 0 Å². The van der Waals surface area contributed by atoms with E-state index >= 15 is 0 Å². The molecular weight excluding hydrogens is 434 g/mol. The van der Waals surface area contributed by atoms with Crippen molar-refractivity contribution in [1.82, 2.24) is 0 Å². The smallest absolute Gasteiger partial charge is 0.181 e. The molecule has 0 heterocycles. The molecule has 10 heteroatoms. The Balaban J connectivity index is -0.000000157. The van der Waals surface area contributed by atoms with Gasteiger partial charge in [0, 0.05) is 48.2 Å². The molecule has 0 N–H and O–H groups in total. The number of carbonyl (C=O) groups excluding carboxylic acids is 3. The zero-order chi connectivity index (χ0) is 14.5. The van der Waals surface area contributed by atoms with Gasteiger partial charge in [-0.2, -0.15) is 0 Å². The van der Waals surface area contributed by atoms with Crippen LogP contribution in [-0.2, 0) is 69.3 Å². The van der Waals surface area contributed by atoms with Crippen molar-refractivity contribution in [2.75, 3.05) is 0 Å². The van der Waals surface area contributed by atoms with Crippen LogP contribution in [0.2, 0.25) is 0 Å². The van der Waals surface area contributed by atoms with Gasteiger partial charge in [-0.3, -0.25) is 14.4 Å². The maximum Gasteiger partial charge on any atom is 0.181 e. The van der Waals surface area contributed by atoms with Gasteiger partial charge in [0.05, 0.1) is 0 Å². The van der Waals surface area contributed by atoms with Crippen molar-refractivity contribution >= 4 is 17.3 Å². The van der Waals surface area contributed by atoms with Crippen LogP contribution < -0.4 is 0 Å². The van der Waals surface area contributed by atoms with E-state index in [2.05, 4.69) is 0 Å². The van der Waals surface area contributed by atoms with Gasteiger partial charge in [0.1, 0.15) is 11.7 Å². The molecular formula is C17H14O8V2-10. The first-order valence-corrected chi connectivity index (χ1v) is 6.30. The standard InChI is InChI=1S/C17H14O3.5O.2V/c1-12(18)15(16(19)13-8-4-2-5-9-13)17(20)14-10-6-3-7-11-14;;;;;;;/h2-11,15H,1H3;;;;;;;/q;5*-2;;. The predicted molar refractivity (Wildman–Crippen MR) is 79.1 cm³/mol.